The van der Waals surface area contributed by atoms with Crippen molar-refractivity contribution in [2.75, 3.05) is 19.8 Å². The molecule has 7 heteroatoms. The summed E-state index contributed by atoms with van der Waals surface area (Å²) in [5, 5.41) is 0.614. The molecule has 0 bridgehead atoms. The zero-order chi connectivity index (χ0) is 17.0. The normalized spacial score (nSPS) is 11.7. The number of ketones is 1. The fraction of sp³-hybridized carbons (Fsp3) is 0.250. The molecule has 0 saturated heterocycles. The lowest BCUT2D eigenvalue weighted by Gasteiger charge is -2.11. The molecule has 5 nitrogen and oxygen atoms in total. The number of hydrogen-bond donors (Lipinski definition) is 0. The number of carbonyl (C=O) groups is 1. The summed E-state index contributed by atoms with van der Waals surface area (Å²) in [5.41, 5.74) is 1.77. The number of rotatable bonds is 6. The average Bonchev–Trinajstić information content (AvgIpc) is 2.53. The number of sulfonamides is 1. The van der Waals surface area contributed by atoms with Gasteiger partial charge in [-0.3, -0.25) is 4.79 Å². The van der Waals surface area contributed by atoms with Crippen molar-refractivity contribution < 1.29 is 13.2 Å². The Morgan fingerprint density at radius 1 is 1.13 bits per heavy atom. The van der Waals surface area contributed by atoms with Crippen LogP contribution in [-0.4, -0.2) is 43.3 Å². The van der Waals surface area contributed by atoms with Crippen LogP contribution in [0.3, 0.4) is 0 Å². The van der Waals surface area contributed by atoms with Crippen molar-refractivity contribution >= 4 is 27.6 Å². The van der Waals surface area contributed by atoms with Crippen LogP contribution in [-0.2, 0) is 10.0 Å². The number of carbonyl (C=O) groups excluding carboxylic acids is 1. The predicted octanol–water partition coefficient (Wildman–Crippen LogP) is 2.62. The highest BCUT2D eigenvalue weighted by atomic mass is 32.2. The Hall–Kier alpha value is -1.70. The van der Waals surface area contributed by atoms with E-state index in [1.807, 2.05) is 19.1 Å². The second-order valence-corrected chi connectivity index (χ2v) is 8.34. The molecule has 0 radical (unpaired) electrons. The van der Waals surface area contributed by atoms with Gasteiger partial charge in [0.2, 0.25) is 10.0 Å². The average molecular weight is 350 g/mol. The maximum atomic E-state index is 12.1. The van der Waals surface area contributed by atoms with Crippen LogP contribution in [0, 0.1) is 6.92 Å². The molecule has 0 spiro atoms. The van der Waals surface area contributed by atoms with E-state index >= 15 is 0 Å². The highest BCUT2D eigenvalue weighted by Gasteiger charge is 2.17. The van der Waals surface area contributed by atoms with Crippen molar-refractivity contribution in [3.63, 3.8) is 0 Å². The molecule has 1 aromatic heterocycles. The standard InChI is InChI=1S/C16H18N2O3S2/c1-12-4-6-13(7-5-12)15(19)11-22-16-9-8-14(10-17-16)23(20,21)18(2)3/h4-10H,11H2,1-3H3. The van der Waals surface area contributed by atoms with Crippen LogP contribution in [0.2, 0.25) is 0 Å². The van der Waals surface area contributed by atoms with Gasteiger partial charge in [-0.15, -0.1) is 0 Å². The number of aryl methyl sites for hydroxylation is 1. The molecule has 0 amide bonds. The van der Waals surface area contributed by atoms with Gasteiger partial charge in [-0.05, 0) is 19.1 Å². The van der Waals surface area contributed by atoms with Crippen LogP contribution in [0.15, 0.2) is 52.5 Å². The quantitative estimate of drug-likeness (QED) is 0.592. The van der Waals surface area contributed by atoms with Gasteiger partial charge in [0.15, 0.2) is 5.78 Å². The number of pyridine rings is 1. The zero-order valence-electron chi connectivity index (χ0n) is 13.2. The third-order valence-corrected chi connectivity index (χ3v) is 5.95. The topological polar surface area (TPSA) is 67.3 Å². The molecule has 1 aromatic carbocycles. The molecule has 0 saturated carbocycles. The summed E-state index contributed by atoms with van der Waals surface area (Å²) in [6, 6.07) is 10.5. The number of aromatic nitrogens is 1. The van der Waals surface area contributed by atoms with Gasteiger partial charge >= 0.3 is 0 Å². The molecule has 23 heavy (non-hydrogen) atoms. The minimum Gasteiger partial charge on any atom is -0.293 e. The number of thioether (sulfide) groups is 1. The van der Waals surface area contributed by atoms with Gasteiger partial charge in [0.1, 0.15) is 4.90 Å². The fourth-order valence-corrected chi connectivity index (χ4v) is 3.36. The lowest BCUT2D eigenvalue weighted by Crippen LogP contribution is -2.22. The first kappa shape index (κ1) is 17.7. The Bertz CT molecular complexity index is 783. The maximum absolute atomic E-state index is 12.1. The Morgan fingerprint density at radius 2 is 1.78 bits per heavy atom. The maximum Gasteiger partial charge on any atom is 0.244 e. The van der Waals surface area contributed by atoms with E-state index in [0.29, 0.717) is 10.6 Å². The van der Waals surface area contributed by atoms with E-state index in [1.165, 1.54) is 38.1 Å². The molecule has 122 valence electrons. The van der Waals surface area contributed by atoms with Gasteiger partial charge in [0, 0.05) is 25.9 Å². The Balaban J connectivity index is 2.02. The predicted molar refractivity (Wildman–Crippen MR) is 91.3 cm³/mol. The third-order valence-electron chi connectivity index (χ3n) is 3.21. The molecular weight excluding hydrogens is 332 g/mol. The number of hydrogen-bond acceptors (Lipinski definition) is 5. The van der Waals surface area contributed by atoms with E-state index in [4.69, 9.17) is 0 Å². The molecule has 0 atom stereocenters. The first-order chi connectivity index (χ1) is 10.8. The molecule has 0 aliphatic carbocycles. The molecule has 0 N–H and O–H groups in total. The van der Waals surface area contributed by atoms with Crippen LogP contribution < -0.4 is 0 Å². The lowest BCUT2D eigenvalue weighted by molar-refractivity contribution is 0.102. The summed E-state index contributed by atoms with van der Waals surface area (Å²) < 4.78 is 25.0. The summed E-state index contributed by atoms with van der Waals surface area (Å²) in [6.07, 6.45) is 1.31. The highest BCUT2D eigenvalue weighted by molar-refractivity contribution is 7.99. The summed E-state index contributed by atoms with van der Waals surface area (Å²) in [4.78, 5) is 16.3. The van der Waals surface area contributed by atoms with E-state index in [2.05, 4.69) is 4.98 Å². The van der Waals surface area contributed by atoms with E-state index in [9.17, 15) is 13.2 Å². The van der Waals surface area contributed by atoms with Gasteiger partial charge in [-0.1, -0.05) is 41.6 Å². The molecule has 2 rings (SSSR count). The summed E-state index contributed by atoms with van der Waals surface area (Å²) in [6.45, 7) is 1.97. The van der Waals surface area contributed by atoms with E-state index in [0.717, 1.165) is 9.87 Å². The molecule has 2 aromatic rings. The smallest absolute Gasteiger partial charge is 0.244 e. The minimum absolute atomic E-state index is 0.0155. The molecule has 0 unspecified atom stereocenters. The van der Waals surface area contributed by atoms with Gasteiger partial charge in [0.05, 0.1) is 10.8 Å². The SMILES string of the molecule is Cc1ccc(C(=O)CSc2ccc(S(=O)(=O)N(C)C)cn2)cc1. The number of Topliss-reactive ketones (excluding diaryl/α,β-unsaturated/α-hetero) is 1. The van der Waals surface area contributed by atoms with Crippen LogP contribution in [0.5, 0.6) is 0 Å². The molecule has 1 heterocycles. The lowest BCUT2D eigenvalue weighted by atomic mass is 10.1. The number of nitrogens with zero attached hydrogens (tertiary/aromatic N) is 2. The summed E-state index contributed by atoms with van der Waals surface area (Å²) in [7, 11) is -0.536. The summed E-state index contributed by atoms with van der Waals surface area (Å²) >= 11 is 1.29. The van der Waals surface area contributed by atoms with Crippen LogP contribution in [0.25, 0.3) is 0 Å². The van der Waals surface area contributed by atoms with Crippen molar-refractivity contribution in [3.05, 3.63) is 53.7 Å². The second-order valence-electron chi connectivity index (χ2n) is 5.20. The van der Waals surface area contributed by atoms with E-state index < -0.39 is 10.0 Å². The Morgan fingerprint density at radius 3 is 2.30 bits per heavy atom. The Labute approximate surface area is 140 Å². The zero-order valence-corrected chi connectivity index (χ0v) is 14.8. The van der Waals surface area contributed by atoms with Crippen molar-refractivity contribution in [2.24, 2.45) is 0 Å². The van der Waals surface area contributed by atoms with Crippen LogP contribution in [0.1, 0.15) is 15.9 Å². The highest BCUT2D eigenvalue weighted by Crippen LogP contribution is 2.20. The monoisotopic (exact) mass is 350 g/mol. The van der Waals surface area contributed by atoms with E-state index in [1.54, 1.807) is 18.2 Å². The third kappa shape index (κ3) is 4.40. The van der Waals surface area contributed by atoms with Crippen LogP contribution >= 0.6 is 11.8 Å². The number of benzene rings is 1. The molecule has 0 aliphatic heterocycles. The summed E-state index contributed by atoms with van der Waals surface area (Å²) in [5.74, 6) is 0.275. The first-order valence-electron chi connectivity index (χ1n) is 6.92. The largest absolute Gasteiger partial charge is 0.293 e. The van der Waals surface area contributed by atoms with Gasteiger partial charge in [0.25, 0.3) is 0 Å². The van der Waals surface area contributed by atoms with E-state index in [-0.39, 0.29) is 16.4 Å². The van der Waals surface area contributed by atoms with Gasteiger partial charge < -0.3 is 0 Å². The van der Waals surface area contributed by atoms with Gasteiger partial charge in [-0.2, -0.15) is 0 Å². The second kappa shape index (κ2) is 7.25. The first-order valence-corrected chi connectivity index (χ1v) is 9.34. The van der Waals surface area contributed by atoms with Crippen molar-refractivity contribution in [3.8, 4) is 0 Å². The Kier molecular flexibility index (Phi) is 5.56. The molecule has 0 fully saturated rings. The van der Waals surface area contributed by atoms with Crippen molar-refractivity contribution in [1.82, 2.24) is 9.29 Å². The van der Waals surface area contributed by atoms with Crippen molar-refractivity contribution in [2.45, 2.75) is 16.8 Å². The fourth-order valence-electron chi connectivity index (χ4n) is 1.78. The minimum atomic E-state index is -3.48. The van der Waals surface area contributed by atoms with Gasteiger partial charge in [-0.25, -0.2) is 17.7 Å². The molecular formula is C16H18N2O3S2. The molecule has 0 aliphatic rings. The van der Waals surface area contributed by atoms with Crippen molar-refractivity contribution in [1.29, 1.82) is 0 Å². The van der Waals surface area contributed by atoms with Crippen LogP contribution in [0.4, 0.5) is 0 Å².